The molecule has 0 unspecified atom stereocenters. The standard InChI is InChI=1S/C11H20O/c1-4-5-6-7-8-9-11(2,3)10-12/h5-6,10H,4,7-9H2,1-3H3/b6-5+. The van der Waals surface area contributed by atoms with E-state index in [1.165, 1.54) is 0 Å². The summed E-state index contributed by atoms with van der Waals surface area (Å²) in [4.78, 5) is 10.5. The molecule has 70 valence electrons. The molecule has 0 saturated carbocycles. The van der Waals surface area contributed by atoms with Gasteiger partial charge in [-0.3, -0.25) is 0 Å². The second kappa shape index (κ2) is 5.99. The van der Waals surface area contributed by atoms with Crippen molar-refractivity contribution in [1.29, 1.82) is 0 Å². The highest BCUT2D eigenvalue weighted by Crippen LogP contribution is 2.19. The van der Waals surface area contributed by atoms with Crippen LogP contribution in [-0.4, -0.2) is 6.29 Å². The fourth-order valence-corrected chi connectivity index (χ4v) is 1.02. The first-order chi connectivity index (χ1) is 5.62. The van der Waals surface area contributed by atoms with Gasteiger partial charge >= 0.3 is 0 Å². The van der Waals surface area contributed by atoms with Crippen LogP contribution in [0.25, 0.3) is 0 Å². The van der Waals surface area contributed by atoms with Gasteiger partial charge < -0.3 is 4.79 Å². The zero-order valence-corrected chi connectivity index (χ0v) is 8.47. The molecule has 0 bridgehead atoms. The van der Waals surface area contributed by atoms with E-state index in [2.05, 4.69) is 19.1 Å². The number of hydrogen-bond donors (Lipinski definition) is 0. The van der Waals surface area contributed by atoms with Crippen LogP contribution in [0.5, 0.6) is 0 Å². The molecule has 0 radical (unpaired) electrons. The molecular weight excluding hydrogens is 148 g/mol. The first-order valence-electron chi connectivity index (χ1n) is 4.73. The molecule has 0 fully saturated rings. The predicted molar refractivity (Wildman–Crippen MR) is 53.1 cm³/mol. The zero-order chi connectivity index (χ0) is 9.45. The van der Waals surface area contributed by atoms with Gasteiger partial charge in [-0.2, -0.15) is 0 Å². The van der Waals surface area contributed by atoms with Crippen LogP contribution in [0.15, 0.2) is 12.2 Å². The fourth-order valence-electron chi connectivity index (χ4n) is 1.02. The summed E-state index contributed by atoms with van der Waals surface area (Å²) in [6.07, 6.45) is 9.74. The van der Waals surface area contributed by atoms with Gasteiger partial charge in [0.25, 0.3) is 0 Å². The Hall–Kier alpha value is -0.590. The first-order valence-corrected chi connectivity index (χ1v) is 4.73. The number of unbranched alkanes of at least 4 members (excludes halogenated alkanes) is 1. The second-order valence-corrected chi connectivity index (χ2v) is 3.88. The number of carbonyl (C=O) groups is 1. The van der Waals surface area contributed by atoms with E-state index >= 15 is 0 Å². The van der Waals surface area contributed by atoms with Crippen LogP contribution in [0, 0.1) is 5.41 Å². The summed E-state index contributed by atoms with van der Waals surface area (Å²) in [5, 5.41) is 0. The average molecular weight is 168 g/mol. The molecule has 0 aromatic heterocycles. The van der Waals surface area contributed by atoms with E-state index in [1.54, 1.807) is 0 Å². The lowest BCUT2D eigenvalue weighted by Gasteiger charge is -2.14. The molecular formula is C11H20O. The third kappa shape index (κ3) is 6.14. The number of rotatable bonds is 6. The van der Waals surface area contributed by atoms with E-state index in [0.29, 0.717) is 0 Å². The minimum atomic E-state index is -0.125. The van der Waals surface area contributed by atoms with Gasteiger partial charge in [-0.1, -0.05) is 32.9 Å². The Labute approximate surface area is 75.9 Å². The fraction of sp³-hybridized carbons (Fsp3) is 0.727. The molecule has 1 nitrogen and oxygen atoms in total. The Kier molecular flexibility index (Phi) is 5.69. The third-order valence-electron chi connectivity index (χ3n) is 1.91. The van der Waals surface area contributed by atoms with Crippen molar-refractivity contribution in [3.05, 3.63) is 12.2 Å². The van der Waals surface area contributed by atoms with Crippen LogP contribution >= 0.6 is 0 Å². The van der Waals surface area contributed by atoms with E-state index in [-0.39, 0.29) is 5.41 Å². The van der Waals surface area contributed by atoms with Gasteiger partial charge in [0.15, 0.2) is 0 Å². The van der Waals surface area contributed by atoms with Crippen molar-refractivity contribution in [2.24, 2.45) is 5.41 Å². The van der Waals surface area contributed by atoms with Crippen LogP contribution in [0.4, 0.5) is 0 Å². The zero-order valence-electron chi connectivity index (χ0n) is 8.47. The summed E-state index contributed by atoms with van der Waals surface area (Å²) >= 11 is 0. The van der Waals surface area contributed by atoms with Crippen molar-refractivity contribution >= 4 is 6.29 Å². The van der Waals surface area contributed by atoms with Crippen molar-refractivity contribution < 1.29 is 4.79 Å². The summed E-state index contributed by atoms with van der Waals surface area (Å²) in [6.45, 7) is 6.11. The summed E-state index contributed by atoms with van der Waals surface area (Å²) in [7, 11) is 0. The minimum absolute atomic E-state index is 0.125. The van der Waals surface area contributed by atoms with Crippen molar-refractivity contribution in [3.8, 4) is 0 Å². The highest BCUT2D eigenvalue weighted by molar-refractivity contribution is 5.57. The summed E-state index contributed by atoms with van der Waals surface area (Å²) in [5.74, 6) is 0. The maximum atomic E-state index is 10.5. The quantitative estimate of drug-likeness (QED) is 0.338. The molecule has 0 spiro atoms. The summed E-state index contributed by atoms with van der Waals surface area (Å²) < 4.78 is 0. The summed E-state index contributed by atoms with van der Waals surface area (Å²) in [5.41, 5.74) is -0.125. The number of aldehydes is 1. The van der Waals surface area contributed by atoms with Gasteiger partial charge in [0, 0.05) is 5.41 Å². The number of hydrogen-bond acceptors (Lipinski definition) is 1. The Balaban J connectivity index is 3.43. The van der Waals surface area contributed by atoms with Gasteiger partial charge in [-0.05, 0) is 25.7 Å². The Bertz CT molecular complexity index is 145. The molecule has 0 aliphatic heterocycles. The number of allylic oxidation sites excluding steroid dienone is 2. The van der Waals surface area contributed by atoms with Gasteiger partial charge in [-0.25, -0.2) is 0 Å². The number of carbonyl (C=O) groups excluding carboxylic acids is 1. The smallest absolute Gasteiger partial charge is 0.125 e. The monoisotopic (exact) mass is 168 g/mol. The molecule has 0 aromatic carbocycles. The van der Waals surface area contributed by atoms with Crippen LogP contribution in [0.2, 0.25) is 0 Å². The van der Waals surface area contributed by atoms with Crippen LogP contribution < -0.4 is 0 Å². The van der Waals surface area contributed by atoms with Crippen LogP contribution in [0.1, 0.15) is 46.5 Å². The van der Waals surface area contributed by atoms with Crippen molar-refractivity contribution in [3.63, 3.8) is 0 Å². The third-order valence-corrected chi connectivity index (χ3v) is 1.91. The molecule has 0 saturated heterocycles. The Morgan fingerprint density at radius 1 is 1.25 bits per heavy atom. The van der Waals surface area contributed by atoms with E-state index in [0.717, 1.165) is 32.0 Å². The maximum Gasteiger partial charge on any atom is 0.125 e. The Morgan fingerprint density at radius 3 is 2.42 bits per heavy atom. The normalized spacial score (nSPS) is 12.2. The van der Waals surface area contributed by atoms with E-state index in [9.17, 15) is 4.79 Å². The molecule has 0 aliphatic rings. The van der Waals surface area contributed by atoms with Gasteiger partial charge in [0.05, 0.1) is 0 Å². The molecule has 0 aliphatic carbocycles. The molecule has 1 heteroatoms. The topological polar surface area (TPSA) is 17.1 Å². The second-order valence-electron chi connectivity index (χ2n) is 3.88. The van der Waals surface area contributed by atoms with Crippen LogP contribution in [-0.2, 0) is 4.79 Å². The molecule has 0 rings (SSSR count). The molecule has 0 atom stereocenters. The van der Waals surface area contributed by atoms with Crippen LogP contribution in [0.3, 0.4) is 0 Å². The average Bonchev–Trinajstić information content (AvgIpc) is 2.04. The SMILES string of the molecule is CC/C=C/CCCC(C)(C)C=O. The molecule has 0 aromatic rings. The molecule has 12 heavy (non-hydrogen) atoms. The van der Waals surface area contributed by atoms with Crippen molar-refractivity contribution in [2.75, 3.05) is 0 Å². The largest absolute Gasteiger partial charge is 0.303 e. The molecule has 0 heterocycles. The highest BCUT2D eigenvalue weighted by Gasteiger charge is 2.14. The van der Waals surface area contributed by atoms with Crippen molar-refractivity contribution in [2.45, 2.75) is 46.5 Å². The lowest BCUT2D eigenvalue weighted by molar-refractivity contribution is -0.115. The van der Waals surface area contributed by atoms with E-state index < -0.39 is 0 Å². The Morgan fingerprint density at radius 2 is 1.92 bits per heavy atom. The van der Waals surface area contributed by atoms with Gasteiger partial charge in [-0.15, -0.1) is 0 Å². The lowest BCUT2D eigenvalue weighted by atomic mass is 9.89. The predicted octanol–water partition coefficient (Wildman–Crippen LogP) is 3.35. The first kappa shape index (κ1) is 11.4. The molecule has 0 N–H and O–H groups in total. The van der Waals surface area contributed by atoms with Gasteiger partial charge in [0.1, 0.15) is 6.29 Å². The van der Waals surface area contributed by atoms with Crippen molar-refractivity contribution in [1.82, 2.24) is 0 Å². The molecule has 0 amide bonds. The van der Waals surface area contributed by atoms with E-state index in [1.807, 2.05) is 13.8 Å². The lowest BCUT2D eigenvalue weighted by Crippen LogP contribution is -2.11. The van der Waals surface area contributed by atoms with Gasteiger partial charge in [0.2, 0.25) is 0 Å². The van der Waals surface area contributed by atoms with E-state index in [4.69, 9.17) is 0 Å². The summed E-state index contributed by atoms with van der Waals surface area (Å²) in [6, 6.07) is 0. The highest BCUT2D eigenvalue weighted by atomic mass is 16.1. The minimum Gasteiger partial charge on any atom is -0.303 e. The maximum absolute atomic E-state index is 10.5.